The number of furan rings is 1. The van der Waals surface area contributed by atoms with Gasteiger partial charge in [-0.3, -0.25) is 4.79 Å². The van der Waals surface area contributed by atoms with Crippen LogP contribution in [0.5, 0.6) is 0 Å². The second-order valence-electron chi connectivity index (χ2n) is 3.77. The van der Waals surface area contributed by atoms with Crippen LogP contribution in [-0.4, -0.2) is 5.78 Å². The fraction of sp³-hybridized carbons (Fsp3) is 0.154. The van der Waals surface area contributed by atoms with Gasteiger partial charge in [0.25, 0.3) is 0 Å². The molecule has 0 radical (unpaired) electrons. The summed E-state index contributed by atoms with van der Waals surface area (Å²) < 4.78 is 5.13. The molecule has 2 rings (SSSR count). The monoisotopic (exact) mass is 215 g/mol. The fourth-order valence-electron chi connectivity index (χ4n) is 1.58. The molecule has 1 aromatic heterocycles. The first-order valence-electron chi connectivity index (χ1n) is 5.08. The van der Waals surface area contributed by atoms with Crippen molar-refractivity contribution in [1.29, 1.82) is 0 Å². The summed E-state index contributed by atoms with van der Waals surface area (Å²) in [6.45, 7) is 1.93. The van der Waals surface area contributed by atoms with Gasteiger partial charge in [-0.1, -0.05) is 11.6 Å². The summed E-state index contributed by atoms with van der Waals surface area (Å²) in [5, 5.41) is 0. The van der Waals surface area contributed by atoms with Gasteiger partial charge in [-0.15, -0.1) is 0 Å². The van der Waals surface area contributed by atoms with Crippen LogP contribution in [0.2, 0.25) is 0 Å². The molecule has 0 unspecified atom stereocenters. The molecule has 3 heteroatoms. The highest BCUT2D eigenvalue weighted by atomic mass is 16.3. The summed E-state index contributed by atoms with van der Waals surface area (Å²) in [6.07, 6.45) is 1.81. The predicted octanol–water partition coefficient (Wildman–Crippen LogP) is 2.60. The van der Waals surface area contributed by atoms with Gasteiger partial charge in [0.1, 0.15) is 5.76 Å². The van der Waals surface area contributed by atoms with Crippen LogP contribution in [-0.2, 0) is 6.42 Å². The summed E-state index contributed by atoms with van der Waals surface area (Å²) >= 11 is 0. The molecule has 2 N–H and O–H groups in total. The first-order valence-corrected chi connectivity index (χ1v) is 5.08. The minimum absolute atomic E-state index is 0.0175. The summed E-state index contributed by atoms with van der Waals surface area (Å²) in [6, 6.07) is 9.00. The maximum Gasteiger partial charge on any atom is 0.172 e. The Morgan fingerprint density at radius 3 is 2.88 bits per heavy atom. The van der Waals surface area contributed by atoms with Crippen molar-refractivity contribution in [2.24, 2.45) is 0 Å². The van der Waals surface area contributed by atoms with Gasteiger partial charge in [0.15, 0.2) is 5.78 Å². The second kappa shape index (κ2) is 4.23. The number of rotatable bonds is 3. The molecule has 0 saturated carbocycles. The van der Waals surface area contributed by atoms with Crippen LogP contribution in [0.15, 0.2) is 41.0 Å². The van der Waals surface area contributed by atoms with Crippen molar-refractivity contribution in [3.63, 3.8) is 0 Å². The van der Waals surface area contributed by atoms with Gasteiger partial charge in [0, 0.05) is 11.3 Å². The number of nitrogens with two attached hydrogens (primary N) is 1. The van der Waals surface area contributed by atoms with Crippen LogP contribution in [0.4, 0.5) is 5.69 Å². The van der Waals surface area contributed by atoms with Crippen LogP contribution in [0.25, 0.3) is 0 Å². The van der Waals surface area contributed by atoms with E-state index in [0.29, 0.717) is 17.0 Å². The smallest absolute Gasteiger partial charge is 0.172 e. The highest BCUT2D eigenvalue weighted by Crippen LogP contribution is 2.16. The first kappa shape index (κ1) is 10.5. The van der Waals surface area contributed by atoms with Crippen molar-refractivity contribution in [2.45, 2.75) is 13.3 Å². The molecule has 0 aliphatic rings. The van der Waals surface area contributed by atoms with Crippen molar-refractivity contribution in [1.82, 2.24) is 0 Å². The van der Waals surface area contributed by atoms with Gasteiger partial charge in [-0.25, -0.2) is 0 Å². The van der Waals surface area contributed by atoms with E-state index in [1.54, 1.807) is 30.5 Å². The molecular weight excluding hydrogens is 202 g/mol. The first-order chi connectivity index (χ1) is 7.66. The number of nitrogen functional groups attached to an aromatic ring is 1. The SMILES string of the molecule is Cc1ccc(N)c(C(=O)Cc2ccco2)c1. The van der Waals surface area contributed by atoms with E-state index in [2.05, 4.69) is 0 Å². The molecule has 82 valence electrons. The summed E-state index contributed by atoms with van der Waals surface area (Å²) in [7, 11) is 0. The molecule has 16 heavy (non-hydrogen) atoms. The second-order valence-corrected chi connectivity index (χ2v) is 3.77. The summed E-state index contributed by atoms with van der Waals surface area (Å²) in [5.41, 5.74) is 7.87. The molecule has 3 nitrogen and oxygen atoms in total. The summed E-state index contributed by atoms with van der Waals surface area (Å²) in [5.74, 6) is 0.641. The van der Waals surface area contributed by atoms with Gasteiger partial charge in [-0.2, -0.15) is 0 Å². The van der Waals surface area contributed by atoms with Gasteiger partial charge < -0.3 is 10.2 Å². The van der Waals surface area contributed by atoms with Crippen molar-refractivity contribution >= 4 is 11.5 Å². The van der Waals surface area contributed by atoms with Gasteiger partial charge in [-0.05, 0) is 31.2 Å². The number of carbonyl (C=O) groups is 1. The van der Waals surface area contributed by atoms with Gasteiger partial charge in [0.2, 0.25) is 0 Å². The third kappa shape index (κ3) is 2.14. The van der Waals surface area contributed by atoms with Crippen LogP contribution in [0.3, 0.4) is 0 Å². The number of hydrogen-bond donors (Lipinski definition) is 1. The van der Waals surface area contributed by atoms with E-state index in [-0.39, 0.29) is 12.2 Å². The number of hydrogen-bond acceptors (Lipinski definition) is 3. The largest absolute Gasteiger partial charge is 0.469 e. The van der Waals surface area contributed by atoms with Crippen LogP contribution >= 0.6 is 0 Å². The Morgan fingerprint density at radius 2 is 2.19 bits per heavy atom. The average molecular weight is 215 g/mol. The van der Waals surface area contributed by atoms with Crippen LogP contribution in [0, 0.1) is 6.92 Å². The number of Topliss-reactive ketones (excluding diaryl/α,β-unsaturated/α-hetero) is 1. The standard InChI is InChI=1S/C13H13NO2/c1-9-4-5-12(14)11(7-9)13(15)8-10-3-2-6-16-10/h2-7H,8,14H2,1H3. The number of anilines is 1. The lowest BCUT2D eigenvalue weighted by Gasteiger charge is -2.04. The van der Waals surface area contributed by atoms with Gasteiger partial charge in [0.05, 0.1) is 12.7 Å². The molecule has 0 aliphatic heterocycles. The van der Waals surface area contributed by atoms with Crippen LogP contribution < -0.4 is 5.73 Å². The molecular formula is C13H13NO2. The molecule has 0 bridgehead atoms. The maximum absolute atomic E-state index is 11.9. The van der Waals surface area contributed by atoms with Crippen molar-refractivity contribution in [2.75, 3.05) is 5.73 Å². The van der Waals surface area contributed by atoms with Crippen molar-refractivity contribution in [3.8, 4) is 0 Å². The van der Waals surface area contributed by atoms with E-state index < -0.39 is 0 Å². The molecule has 0 fully saturated rings. The minimum Gasteiger partial charge on any atom is -0.469 e. The average Bonchev–Trinajstić information content (AvgIpc) is 2.74. The normalized spacial score (nSPS) is 10.3. The van der Waals surface area contributed by atoms with E-state index in [9.17, 15) is 4.79 Å². The lowest BCUT2D eigenvalue weighted by atomic mass is 10.0. The molecule has 0 aliphatic carbocycles. The third-order valence-corrected chi connectivity index (χ3v) is 2.42. The minimum atomic E-state index is -0.0175. The number of ketones is 1. The number of benzene rings is 1. The number of carbonyl (C=O) groups excluding carboxylic acids is 1. The Morgan fingerprint density at radius 1 is 1.38 bits per heavy atom. The highest BCUT2D eigenvalue weighted by Gasteiger charge is 2.11. The molecule has 1 heterocycles. The maximum atomic E-state index is 11.9. The Labute approximate surface area is 93.9 Å². The zero-order valence-electron chi connectivity index (χ0n) is 9.07. The fourth-order valence-corrected chi connectivity index (χ4v) is 1.58. The lowest BCUT2D eigenvalue weighted by Crippen LogP contribution is -2.06. The van der Waals surface area contributed by atoms with Crippen molar-refractivity contribution in [3.05, 3.63) is 53.5 Å². The topological polar surface area (TPSA) is 56.2 Å². The summed E-state index contributed by atoms with van der Waals surface area (Å²) in [4.78, 5) is 11.9. The molecule has 0 saturated heterocycles. The zero-order valence-corrected chi connectivity index (χ0v) is 9.07. The number of aryl methyl sites for hydroxylation is 1. The van der Waals surface area contributed by atoms with E-state index >= 15 is 0 Å². The van der Waals surface area contributed by atoms with Gasteiger partial charge >= 0.3 is 0 Å². The molecule has 0 spiro atoms. The Hall–Kier alpha value is -2.03. The zero-order chi connectivity index (χ0) is 11.5. The van der Waals surface area contributed by atoms with Crippen molar-refractivity contribution < 1.29 is 9.21 Å². The molecule has 0 atom stereocenters. The molecule has 1 aromatic carbocycles. The highest BCUT2D eigenvalue weighted by molar-refractivity contribution is 6.01. The third-order valence-electron chi connectivity index (χ3n) is 2.42. The quantitative estimate of drug-likeness (QED) is 0.632. The van der Waals surface area contributed by atoms with E-state index in [0.717, 1.165) is 5.56 Å². The Balaban J connectivity index is 2.24. The van der Waals surface area contributed by atoms with Crippen LogP contribution in [0.1, 0.15) is 21.7 Å². The van der Waals surface area contributed by atoms with E-state index in [4.69, 9.17) is 10.2 Å². The van der Waals surface area contributed by atoms with E-state index in [1.807, 2.05) is 13.0 Å². The Kier molecular flexibility index (Phi) is 2.77. The lowest BCUT2D eigenvalue weighted by molar-refractivity contribution is 0.0988. The molecule has 2 aromatic rings. The predicted molar refractivity (Wildman–Crippen MR) is 62.3 cm³/mol. The molecule has 0 amide bonds. The van der Waals surface area contributed by atoms with E-state index in [1.165, 1.54) is 0 Å². The Bertz CT molecular complexity index is 501.